The van der Waals surface area contributed by atoms with Crippen molar-refractivity contribution in [1.29, 1.82) is 0 Å². The number of nitrogens with zero attached hydrogens (tertiary/aromatic N) is 1. The molecule has 1 aromatic rings. The average molecular weight is 303 g/mol. The molecule has 0 bridgehead atoms. The van der Waals surface area contributed by atoms with Crippen molar-refractivity contribution < 1.29 is 4.79 Å². The summed E-state index contributed by atoms with van der Waals surface area (Å²) in [5, 5.41) is 0. The fraction of sp³-hybridized carbons (Fsp3) is 0.438. The lowest BCUT2D eigenvalue weighted by Crippen LogP contribution is -2.47. The van der Waals surface area contributed by atoms with E-state index in [1.165, 1.54) is 16.7 Å². The molecule has 0 unspecified atom stereocenters. The number of nitrogens with one attached hydrogen (secondary N) is 3. The first-order chi connectivity index (χ1) is 10.7. The third-order valence-electron chi connectivity index (χ3n) is 3.82. The van der Waals surface area contributed by atoms with Crippen molar-refractivity contribution in [3.8, 4) is 0 Å². The number of nitrogens with two attached hydrogens (primary N) is 1. The van der Waals surface area contributed by atoms with Gasteiger partial charge >= 0.3 is 6.03 Å². The average Bonchev–Trinajstić information content (AvgIpc) is 2.55. The Morgan fingerprint density at radius 2 is 2.09 bits per heavy atom. The zero-order valence-corrected chi connectivity index (χ0v) is 13.1. The standard InChI is InChI=1S/C16H25N5O/c1-13-3-5-14(6-4-13)15-7-11-21(12-8-15)10-2-9-18-20-16(22)19-17/h3-7,18H,2,8-12,17H2,1H3,(H2,19,20,22). The van der Waals surface area contributed by atoms with E-state index in [4.69, 9.17) is 5.84 Å². The summed E-state index contributed by atoms with van der Waals surface area (Å²) in [4.78, 5) is 13.3. The summed E-state index contributed by atoms with van der Waals surface area (Å²) < 4.78 is 0. The van der Waals surface area contributed by atoms with E-state index in [2.05, 4.69) is 53.0 Å². The smallest absolute Gasteiger partial charge is 0.299 e. The molecule has 22 heavy (non-hydrogen) atoms. The van der Waals surface area contributed by atoms with Crippen LogP contribution in [-0.2, 0) is 0 Å². The SMILES string of the molecule is Cc1ccc(C2=CCN(CCCNNC(=O)NN)CC2)cc1. The van der Waals surface area contributed by atoms with Gasteiger partial charge in [-0.25, -0.2) is 16.1 Å². The molecule has 2 amide bonds. The maximum absolute atomic E-state index is 10.8. The molecule has 5 N–H and O–H groups in total. The van der Waals surface area contributed by atoms with E-state index in [1.54, 1.807) is 0 Å². The predicted molar refractivity (Wildman–Crippen MR) is 88.7 cm³/mol. The Bertz CT molecular complexity index is 512. The van der Waals surface area contributed by atoms with Crippen LogP contribution < -0.4 is 22.1 Å². The van der Waals surface area contributed by atoms with E-state index in [0.717, 1.165) is 39.0 Å². The maximum Gasteiger partial charge on any atom is 0.343 e. The van der Waals surface area contributed by atoms with Gasteiger partial charge in [-0.15, -0.1) is 0 Å². The Balaban J connectivity index is 1.68. The molecule has 0 atom stereocenters. The summed E-state index contributed by atoms with van der Waals surface area (Å²) in [5.74, 6) is 4.96. The number of aryl methyl sites for hydroxylation is 1. The lowest BCUT2D eigenvalue weighted by atomic mass is 9.98. The zero-order chi connectivity index (χ0) is 15.8. The van der Waals surface area contributed by atoms with Crippen LogP contribution in [0.1, 0.15) is 24.0 Å². The van der Waals surface area contributed by atoms with Gasteiger partial charge in [0, 0.05) is 19.6 Å². The molecule has 1 aliphatic heterocycles. The van der Waals surface area contributed by atoms with E-state index >= 15 is 0 Å². The summed E-state index contributed by atoms with van der Waals surface area (Å²) in [7, 11) is 0. The van der Waals surface area contributed by atoms with Gasteiger partial charge in [-0.3, -0.25) is 15.8 Å². The minimum atomic E-state index is -0.427. The number of rotatable bonds is 6. The number of hydrogen-bond donors (Lipinski definition) is 4. The third kappa shape index (κ3) is 5.14. The van der Waals surface area contributed by atoms with E-state index in [1.807, 2.05) is 5.43 Å². The first-order valence-corrected chi connectivity index (χ1v) is 7.67. The molecule has 0 aliphatic carbocycles. The molecule has 6 nitrogen and oxygen atoms in total. The highest BCUT2D eigenvalue weighted by Gasteiger charge is 2.12. The Kier molecular flexibility index (Phi) is 6.39. The predicted octanol–water partition coefficient (Wildman–Crippen LogP) is 1.15. The highest BCUT2D eigenvalue weighted by Crippen LogP contribution is 2.22. The first-order valence-electron chi connectivity index (χ1n) is 7.67. The topological polar surface area (TPSA) is 82.4 Å². The maximum atomic E-state index is 10.8. The Labute approximate surface area is 131 Å². The Morgan fingerprint density at radius 1 is 1.32 bits per heavy atom. The molecule has 0 saturated carbocycles. The van der Waals surface area contributed by atoms with Crippen molar-refractivity contribution in [2.45, 2.75) is 19.8 Å². The number of urea groups is 1. The normalized spacial score (nSPS) is 15.3. The Hall–Kier alpha value is -1.89. The lowest BCUT2D eigenvalue weighted by molar-refractivity contribution is 0.235. The van der Waals surface area contributed by atoms with E-state index in [9.17, 15) is 4.79 Å². The molecular weight excluding hydrogens is 278 g/mol. The molecule has 6 heteroatoms. The number of carbonyl (C=O) groups excluding carboxylic acids is 1. The van der Waals surface area contributed by atoms with Crippen LogP contribution in [0.3, 0.4) is 0 Å². The second-order valence-corrected chi connectivity index (χ2v) is 5.52. The van der Waals surface area contributed by atoms with Gasteiger partial charge in [-0.05, 0) is 37.4 Å². The van der Waals surface area contributed by atoms with Gasteiger partial charge in [-0.1, -0.05) is 35.9 Å². The van der Waals surface area contributed by atoms with Crippen molar-refractivity contribution in [1.82, 2.24) is 21.2 Å². The minimum Gasteiger partial charge on any atom is -0.299 e. The second-order valence-electron chi connectivity index (χ2n) is 5.52. The van der Waals surface area contributed by atoms with Gasteiger partial charge in [0.15, 0.2) is 0 Å². The van der Waals surface area contributed by atoms with Crippen molar-refractivity contribution in [3.63, 3.8) is 0 Å². The molecule has 0 radical (unpaired) electrons. The van der Waals surface area contributed by atoms with E-state index < -0.39 is 6.03 Å². The molecule has 2 rings (SSSR count). The molecule has 120 valence electrons. The Morgan fingerprint density at radius 3 is 2.73 bits per heavy atom. The minimum absolute atomic E-state index is 0.427. The second kappa shape index (κ2) is 8.53. The van der Waals surface area contributed by atoms with E-state index in [-0.39, 0.29) is 0 Å². The van der Waals surface area contributed by atoms with Crippen LogP contribution in [-0.4, -0.2) is 37.1 Å². The fourth-order valence-corrected chi connectivity index (χ4v) is 2.51. The lowest BCUT2D eigenvalue weighted by Gasteiger charge is -2.26. The molecular formula is C16H25N5O. The molecule has 1 heterocycles. The fourth-order valence-electron chi connectivity index (χ4n) is 2.51. The number of benzene rings is 1. The quantitative estimate of drug-likeness (QED) is 0.275. The monoisotopic (exact) mass is 303 g/mol. The van der Waals surface area contributed by atoms with Crippen LogP contribution in [0.2, 0.25) is 0 Å². The number of carbonyl (C=O) groups is 1. The largest absolute Gasteiger partial charge is 0.343 e. The number of amides is 2. The van der Waals surface area contributed by atoms with Gasteiger partial charge in [0.2, 0.25) is 0 Å². The van der Waals surface area contributed by atoms with Gasteiger partial charge in [-0.2, -0.15) is 0 Å². The van der Waals surface area contributed by atoms with E-state index in [0.29, 0.717) is 0 Å². The molecule has 0 fully saturated rings. The molecule has 0 saturated heterocycles. The number of hydrazine groups is 2. The summed E-state index contributed by atoms with van der Waals surface area (Å²) >= 11 is 0. The van der Waals surface area contributed by atoms with Crippen molar-refractivity contribution in [2.75, 3.05) is 26.2 Å². The number of hydrogen-bond acceptors (Lipinski definition) is 4. The molecule has 0 spiro atoms. The van der Waals surface area contributed by atoms with Crippen LogP contribution in [0.25, 0.3) is 5.57 Å². The highest BCUT2D eigenvalue weighted by molar-refractivity contribution is 5.72. The summed E-state index contributed by atoms with van der Waals surface area (Å²) in [5.41, 5.74) is 11.4. The summed E-state index contributed by atoms with van der Waals surface area (Å²) in [6.07, 6.45) is 4.38. The zero-order valence-electron chi connectivity index (χ0n) is 13.1. The third-order valence-corrected chi connectivity index (χ3v) is 3.82. The highest BCUT2D eigenvalue weighted by atomic mass is 16.2. The van der Waals surface area contributed by atoms with Crippen LogP contribution in [0, 0.1) is 6.92 Å². The summed E-state index contributed by atoms with van der Waals surface area (Å²) in [6, 6.07) is 8.31. The van der Waals surface area contributed by atoms with Crippen LogP contribution >= 0.6 is 0 Å². The van der Waals surface area contributed by atoms with Gasteiger partial charge < -0.3 is 0 Å². The van der Waals surface area contributed by atoms with Crippen molar-refractivity contribution in [2.24, 2.45) is 5.84 Å². The van der Waals surface area contributed by atoms with Gasteiger partial charge in [0.1, 0.15) is 0 Å². The van der Waals surface area contributed by atoms with Crippen molar-refractivity contribution >= 4 is 11.6 Å². The molecule has 0 aromatic heterocycles. The molecule has 1 aromatic carbocycles. The summed E-state index contributed by atoms with van der Waals surface area (Å²) in [6.45, 7) is 5.91. The van der Waals surface area contributed by atoms with Crippen molar-refractivity contribution in [3.05, 3.63) is 41.5 Å². The van der Waals surface area contributed by atoms with Gasteiger partial charge in [0.05, 0.1) is 0 Å². The van der Waals surface area contributed by atoms with Crippen LogP contribution in [0.4, 0.5) is 4.79 Å². The first kappa shape index (κ1) is 16.5. The van der Waals surface area contributed by atoms with Gasteiger partial charge in [0.25, 0.3) is 0 Å². The van der Waals surface area contributed by atoms with Crippen LogP contribution in [0.15, 0.2) is 30.3 Å². The molecule has 1 aliphatic rings. The van der Waals surface area contributed by atoms with Crippen LogP contribution in [0.5, 0.6) is 0 Å².